The number of nitrogens with one attached hydrogen (secondary N) is 2. The molecule has 2 aromatic rings. The zero-order valence-electron chi connectivity index (χ0n) is 14.6. The first-order chi connectivity index (χ1) is 12.8. The van der Waals surface area contributed by atoms with Crippen molar-refractivity contribution in [1.82, 2.24) is 10.2 Å². The van der Waals surface area contributed by atoms with Crippen LogP contribution in [-0.4, -0.2) is 43.2 Å². The fourth-order valence-corrected chi connectivity index (χ4v) is 4.01. The van der Waals surface area contributed by atoms with Gasteiger partial charge < -0.3 is 14.9 Å². The second kappa shape index (κ2) is 7.93. The van der Waals surface area contributed by atoms with E-state index in [-0.39, 0.29) is 5.91 Å². The lowest BCUT2D eigenvalue weighted by Gasteiger charge is -2.27. The maximum absolute atomic E-state index is 12.5. The molecule has 2 aliphatic heterocycles. The first-order valence-corrected chi connectivity index (χ1v) is 9.80. The molecule has 1 amide bonds. The van der Waals surface area contributed by atoms with Crippen LogP contribution in [-0.2, 0) is 6.42 Å². The molecule has 0 unspecified atom stereocenters. The number of fused-ring (bicyclic) bond motifs is 1. The molecule has 26 heavy (non-hydrogen) atoms. The Morgan fingerprint density at radius 1 is 1.12 bits per heavy atom. The molecule has 0 radical (unpaired) electrons. The molecule has 0 spiro atoms. The minimum Gasteiger partial charge on any atom is -0.336 e. The van der Waals surface area contributed by atoms with Gasteiger partial charge in [0.05, 0.1) is 10.6 Å². The Bertz CT molecular complexity index is 813. The van der Waals surface area contributed by atoms with Gasteiger partial charge in [-0.2, -0.15) is 0 Å². The third kappa shape index (κ3) is 3.76. The van der Waals surface area contributed by atoms with Crippen molar-refractivity contribution in [3.05, 3.63) is 53.6 Å². The van der Waals surface area contributed by atoms with Crippen molar-refractivity contribution in [2.24, 2.45) is 4.99 Å². The maximum atomic E-state index is 12.5. The molecule has 2 N–H and O–H groups in total. The quantitative estimate of drug-likeness (QED) is 0.813. The highest BCUT2D eigenvalue weighted by molar-refractivity contribution is 8.00. The number of piperazine rings is 1. The van der Waals surface area contributed by atoms with Gasteiger partial charge in [-0.3, -0.25) is 9.79 Å². The Morgan fingerprint density at radius 3 is 2.73 bits per heavy atom. The van der Waals surface area contributed by atoms with Gasteiger partial charge in [0.1, 0.15) is 0 Å². The molecule has 1 saturated heterocycles. The van der Waals surface area contributed by atoms with Crippen molar-refractivity contribution in [2.75, 3.05) is 30.9 Å². The fraction of sp³-hybridized carbons (Fsp3) is 0.300. The second-order valence-corrected chi connectivity index (χ2v) is 7.29. The average molecular weight is 366 g/mol. The summed E-state index contributed by atoms with van der Waals surface area (Å²) < 4.78 is 3.36. The number of para-hydroxylation sites is 1. The van der Waals surface area contributed by atoms with Crippen molar-refractivity contribution in [3.8, 4) is 0 Å². The van der Waals surface area contributed by atoms with Gasteiger partial charge in [-0.25, -0.2) is 0 Å². The van der Waals surface area contributed by atoms with E-state index in [1.54, 1.807) is 11.9 Å². The number of hydrogen-bond acceptors (Lipinski definition) is 5. The normalized spacial score (nSPS) is 16.2. The third-order valence-electron chi connectivity index (χ3n) is 4.66. The van der Waals surface area contributed by atoms with Gasteiger partial charge in [-0.1, -0.05) is 12.1 Å². The number of amides is 1. The summed E-state index contributed by atoms with van der Waals surface area (Å²) >= 11 is 1.56. The molecular weight excluding hydrogens is 344 g/mol. The molecule has 0 bridgehead atoms. The molecular formula is C20H22N4OS. The van der Waals surface area contributed by atoms with E-state index >= 15 is 0 Å². The first kappa shape index (κ1) is 17.1. The van der Waals surface area contributed by atoms with Crippen LogP contribution in [0.25, 0.3) is 0 Å². The fourth-order valence-electron chi connectivity index (χ4n) is 3.22. The molecule has 6 heteroatoms. The van der Waals surface area contributed by atoms with E-state index in [4.69, 9.17) is 0 Å². The van der Waals surface area contributed by atoms with Crippen molar-refractivity contribution < 1.29 is 4.79 Å². The van der Waals surface area contributed by atoms with Gasteiger partial charge >= 0.3 is 0 Å². The number of aliphatic imine (C=N–C) groups is 1. The van der Waals surface area contributed by atoms with E-state index in [1.165, 1.54) is 5.56 Å². The first-order valence-electron chi connectivity index (χ1n) is 8.98. The number of anilines is 1. The minimum absolute atomic E-state index is 0.108. The maximum Gasteiger partial charge on any atom is 0.253 e. The smallest absolute Gasteiger partial charge is 0.253 e. The molecule has 2 heterocycles. The topological polar surface area (TPSA) is 56.7 Å². The summed E-state index contributed by atoms with van der Waals surface area (Å²) in [4.78, 5) is 20.1. The van der Waals surface area contributed by atoms with Crippen LogP contribution in [0, 0.1) is 0 Å². The molecule has 2 aromatic carbocycles. The molecule has 0 aliphatic carbocycles. The lowest BCUT2D eigenvalue weighted by atomic mass is 10.1. The number of benzene rings is 2. The van der Waals surface area contributed by atoms with Gasteiger partial charge in [0.25, 0.3) is 5.91 Å². The standard InChI is InChI=1S/C20H22N4OS/c25-20(24-13-11-21-12-14-24)16-6-8-17(9-7-16)23-26-18-5-1-3-15-4-2-10-22-19(15)18/h1,3,5-10,21,23H,2,4,11-14H2. The summed E-state index contributed by atoms with van der Waals surface area (Å²) in [6.45, 7) is 3.28. The zero-order chi connectivity index (χ0) is 17.8. The van der Waals surface area contributed by atoms with E-state index in [9.17, 15) is 4.79 Å². The largest absolute Gasteiger partial charge is 0.336 e. The lowest BCUT2D eigenvalue weighted by Crippen LogP contribution is -2.46. The number of nitrogens with zero attached hydrogens (tertiary/aromatic N) is 2. The van der Waals surface area contributed by atoms with Crippen LogP contribution >= 0.6 is 11.9 Å². The molecule has 0 aromatic heterocycles. The van der Waals surface area contributed by atoms with Crippen molar-refractivity contribution in [2.45, 2.75) is 17.7 Å². The van der Waals surface area contributed by atoms with Gasteiger partial charge in [0.15, 0.2) is 0 Å². The highest BCUT2D eigenvalue weighted by atomic mass is 32.2. The van der Waals surface area contributed by atoms with Crippen LogP contribution in [0.5, 0.6) is 0 Å². The average Bonchev–Trinajstić information content (AvgIpc) is 2.73. The molecule has 0 saturated carbocycles. The van der Waals surface area contributed by atoms with Crippen molar-refractivity contribution >= 4 is 35.4 Å². The SMILES string of the molecule is O=C(c1ccc(NSc2cccc3c2N=CCC3)cc1)N1CCNCC1. The number of hydrogen-bond donors (Lipinski definition) is 2. The van der Waals surface area contributed by atoms with Crippen molar-refractivity contribution in [3.63, 3.8) is 0 Å². The predicted octanol–water partition coefficient (Wildman–Crippen LogP) is 3.50. The van der Waals surface area contributed by atoms with Crippen LogP contribution in [0.1, 0.15) is 22.3 Å². The Hall–Kier alpha value is -2.31. The zero-order valence-corrected chi connectivity index (χ0v) is 15.4. The van der Waals surface area contributed by atoms with E-state index in [0.717, 1.165) is 60.9 Å². The summed E-state index contributed by atoms with van der Waals surface area (Å²) in [5.41, 5.74) is 4.09. The Morgan fingerprint density at radius 2 is 1.92 bits per heavy atom. The monoisotopic (exact) mass is 366 g/mol. The molecule has 4 rings (SSSR count). The second-order valence-electron chi connectivity index (χ2n) is 6.44. The summed E-state index contributed by atoms with van der Waals surface area (Å²) in [5, 5.41) is 3.27. The number of aryl methyl sites for hydroxylation is 1. The van der Waals surface area contributed by atoms with E-state index in [0.29, 0.717) is 0 Å². The number of carbonyl (C=O) groups is 1. The van der Waals surface area contributed by atoms with Crippen LogP contribution in [0.4, 0.5) is 11.4 Å². The van der Waals surface area contributed by atoms with Gasteiger partial charge in [-0.15, -0.1) is 0 Å². The summed E-state index contributed by atoms with van der Waals surface area (Å²) in [6, 6.07) is 14.0. The molecule has 5 nitrogen and oxygen atoms in total. The Balaban J connectivity index is 1.41. The van der Waals surface area contributed by atoms with Gasteiger partial charge in [-0.05, 0) is 60.7 Å². The number of carbonyl (C=O) groups excluding carboxylic acids is 1. The molecule has 0 atom stereocenters. The molecule has 2 aliphatic rings. The van der Waals surface area contributed by atoms with Crippen LogP contribution < -0.4 is 10.0 Å². The van der Waals surface area contributed by atoms with Gasteiger partial charge in [0.2, 0.25) is 0 Å². The highest BCUT2D eigenvalue weighted by Gasteiger charge is 2.17. The van der Waals surface area contributed by atoms with Crippen LogP contribution in [0.15, 0.2) is 52.4 Å². The summed E-state index contributed by atoms with van der Waals surface area (Å²) in [6.07, 6.45) is 4.05. The summed E-state index contributed by atoms with van der Waals surface area (Å²) in [5.74, 6) is 0.108. The molecule has 1 fully saturated rings. The van der Waals surface area contributed by atoms with E-state index in [2.05, 4.69) is 33.2 Å². The number of rotatable bonds is 4. The predicted molar refractivity (Wildman–Crippen MR) is 108 cm³/mol. The van der Waals surface area contributed by atoms with E-state index < -0.39 is 0 Å². The van der Waals surface area contributed by atoms with Crippen LogP contribution in [0.3, 0.4) is 0 Å². The Kier molecular flexibility index (Phi) is 5.22. The minimum atomic E-state index is 0.108. The van der Waals surface area contributed by atoms with Gasteiger partial charge in [0, 0.05) is 43.6 Å². The highest BCUT2D eigenvalue weighted by Crippen LogP contribution is 2.35. The van der Waals surface area contributed by atoms with Crippen molar-refractivity contribution in [1.29, 1.82) is 0 Å². The third-order valence-corrected chi connectivity index (χ3v) is 5.55. The summed E-state index contributed by atoms with van der Waals surface area (Å²) in [7, 11) is 0. The molecule has 134 valence electrons. The van der Waals surface area contributed by atoms with E-state index in [1.807, 2.05) is 35.4 Å². The lowest BCUT2D eigenvalue weighted by molar-refractivity contribution is 0.0736. The Labute approximate surface area is 158 Å². The van der Waals surface area contributed by atoms with Crippen LogP contribution in [0.2, 0.25) is 0 Å².